The van der Waals surface area contributed by atoms with Crippen molar-refractivity contribution < 1.29 is 0 Å². The Bertz CT molecular complexity index is 441. The van der Waals surface area contributed by atoms with E-state index in [2.05, 4.69) is 32.8 Å². The van der Waals surface area contributed by atoms with Gasteiger partial charge in [-0.3, -0.25) is 0 Å². The monoisotopic (exact) mass is 234 g/mol. The Labute approximate surface area is 98.7 Å². The molecule has 3 N–H and O–H groups in total. The molecule has 0 bridgehead atoms. The van der Waals surface area contributed by atoms with E-state index in [0.29, 0.717) is 5.82 Å². The number of rotatable bonds is 4. The van der Waals surface area contributed by atoms with E-state index < -0.39 is 0 Å². The zero-order chi connectivity index (χ0) is 11.4. The molecule has 4 nitrogen and oxygen atoms in total. The SMILES string of the molecule is CN(Cc1cccs1)c1cccc(NN)n1. The Morgan fingerprint density at radius 1 is 1.38 bits per heavy atom. The van der Waals surface area contributed by atoms with Crippen molar-refractivity contribution in [3.63, 3.8) is 0 Å². The highest BCUT2D eigenvalue weighted by Gasteiger charge is 2.04. The van der Waals surface area contributed by atoms with Crippen molar-refractivity contribution in [2.75, 3.05) is 17.4 Å². The molecule has 0 aromatic carbocycles. The van der Waals surface area contributed by atoms with Gasteiger partial charge in [0.2, 0.25) is 0 Å². The standard InChI is InChI=1S/C11H14N4S/c1-15(8-9-4-3-7-16-9)11-6-2-5-10(13-11)14-12/h2-7H,8,12H2,1H3,(H,13,14). The third kappa shape index (κ3) is 2.50. The average Bonchev–Trinajstić information content (AvgIpc) is 2.82. The lowest BCUT2D eigenvalue weighted by molar-refractivity contribution is 0.912. The molecule has 2 aromatic heterocycles. The number of hydrogen-bond acceptors (Lipinski definition) is 5. The average molecular weight is 234 g/mol. The van der Waals surface area contributed by atoms with Crippen LogP contribution < -0.4 is 16.2 Å². The van der Waals surface area contributed by atoms with Gasteiger partial charge in [-0.2, -0.15) is 0 Å². The molecule has 0 radical (unpaired) electrons. The number of hydrogen-bond donors (Lipinski definition) is 2. The van der Waals surface area contributed by atoms with Gasteiger partial charge in [0.15, 0.2) is 0 Å². The summed E-state index contributed by atoms with van der Waals surface area (Å²) in [5.74, 6) is 6.91. The highest BCUT2D eigenvalue weighted by molar-refractivity contribution is 7.09. The first kappa shape index (κ1) is 10.9. The van der Waals surface area contributed by atoms with Crippen LogP contribution in [0.5, 0.6) is 0 Å². The van der Waals surface area contributed by atoms with E-state index in [1.807, 2.05) is 25.2 Å². The lowest BCUT2D eigenvalue weighted by atomic mass is 10.4. The fourth-order valence-corrected chi connectivity index (χ4v) is 2.19. The van der Waals surface area contributed by atoms with Crippen molar-refractivity contribution in [3.8, 4) is 0 Å². The summed E-state index contributed by atoms with van der Waals surface area (Å²) < 4.78 is 0. The van der Waals surface area contributed by atoms with Crippen LogP contribution in [0.25, 0.3) is 0 Å². The van der Waals surface area contributed by atoms with Crippen molar-refractivity contribution in [1.82, 2.24) is 4.98 Å². The van der Waals surface area contributed by atoms with Crippen molar-refractivity contribution in [2.24, 2.45) is 5.84 Å². The van der Waals surface area contributed by atoms with Crippen LogP contribution in [0.1, 0.15) is 4.88 Å². The minimum absolute atomic E-state index is 0.676. The predicted molar refractivity (Wildman–Crippen MR) is 68.5 cm³/mol. The second-order valence-electron chi connectivity index (χ2n) is 3.46. The molecule has 84 valence electrons. The van der Waals surface area contributed by atoms with Crippen LogP contribution in [0.15, 0.2) is 35.7 Å². The largest absolute Gasteiger partial charge is 0.354 e. The summed E-state index contributed by atoms with van der Waals surface area (Å²) in [5.41, 5.74) is 2.55. The summed E-state index contributed by atoms with van der Waals surface area (Å²) in [6, 6.07) is 9.91. The smallest absolute Gasteiger partial charge is 0.142 e. The van der Waals surface area contributed by atoms with Crippen LogP contribution in [-0.4, -0.2) is 12.0 Å². The molecule has 0 fully saturated rings. The molecule has 16 heavy (non-hydrogen) atoms. The van der Waals surface area contributed by atoms with Crippen molar-refractivity contribution in [3.05, 3.63) is 40.6 Å². The van der Waals surface area contributed by atoms with E-state index in [4.69, 9.17) is 5.84 Å². The van der Waals surface area contributed by atoms with Crippen LogP contribution in [-0.2, 0) is 6.54 Å². The normalized spacial score (nSPS) is 10.1. The summed E-state index contributed by atoms with van der Waals surface area (Å²) >= 11 is 1.75. The van der Waals surface area contributed by atoms with Gasteiger partial charge in [0.25, 0.3) is 0 Å². The molecule has 2 heterocycles. The Morgan fingerprint density at radius 2 is 2.25 bits per heavy atom. The van der Waals surface area contributed by atoms with Crippen LogP contribution in [0.2, 0.25) is 0 Å². The summed E-state index contributed by atoms with van der Waals surface area (Å²) in [4.78, 5) is 7.77. The molecule has 0 spiro atoms. The molecule has 2 rings (SSSR count). The Hall–Kier alpha value is -1.59. The number of thiophene rings is 1. The number of hydrazine groups is 1. The first-order valence-corrected chi connectivity index (χ1v) is 5.85. The maximum absolute atomic E-state index is 5.33. The molecule has 0 aliphatic carbocycles. The molecule has 0 saturated carbocycles. The molecule has 0 saturated heterocycles. The number of nitrogens with two attached hydrogens (primary N) is 1. The summed E-state index contributed by atoms with van der Waals surface area (Å²) in [5, 5.41) is 2.08. The second kappa shape index (κ2) is 4.96. The number of pyridine rings is 1. The third-order valence-corrected chi connectivity index (χ3v) is 3.11. The quantitative estimate of drug-likeness (QED) is 0.628. The molecule has 0 unspecified atom stereocenters. The number of nitrogens with zero attached hydrogens (tertiary/aromatic N) is 2. The van der Waals surface area contributed by atoms with E-state index >= 15 is 0 Å². The molecule has 0 amide bonds. The van der Waals surface area contributed by atoms with Crippen molar-refractivity contribution in [2.45, 2.75) is 6.54 Å². The highest BCUT2D eigenvalue weighted by Crippen LogP contribution is 2.17. The lowest BCUT2D eigenvalue weighted by Crippen LogP contribution is -2.18. The number of aromatic nitrogens is 1. The summed E-state index contributed by atoms with van der Waals surface area (Å²) in [6.07, 6.45) is 0. The van der Waals surface area contributed by atoms with Gasteiger partial charge in [0.1, 0.15) is 11.6 Å². The number of nitrogens with one attached hydrogen (secondary N) is 1. The fourth-order valence-electron chi connectivity index (χ4n) is 1.43. The number of anilines is 2. The van der Waals surface area contributed by atoms with E-state index in [0.717, 1.165) is 12.4 Å². The Balaban J connectivity index is 2.11. The van der Waals surface area contributed by atoms with Gasteiger partial charge in [-0.25, -0.2) is 10.8 Å². The molecule has 2 aromatic rings. The summed E-state index contributed by atoms with van der Waals surface area (Å²) in [6.45, 7) is 0.860. The molecule has 5 heteroatoms. The third-order valence-electron chi connectivity index (χ3n) is 2.25. The zero-order valence-electron chi connectivity index (χ0n) is 9.05. The zero-order valence-corrected chi connectivity index (χ0v) is 9.87. The van der Waals surface area contributed by atoms with Gasteiger partial charge in [-0.05, 0) is 23.6 Å². The van der Waals surface area contributed by atoms with E-state index in [1.165, 1.54) is 4.88 Å². The van der Waals surface area contributed by atoms with E-state index in [9.17, 15) is 0 Å². The maximum atomic E-state index is 5.33. The minimum Gasteiger partial charge on any atom is -0.354 e. The number of nitrogen functional groups attached to an aromatic ring is 1. The molecule has 0 aliphatic rings. The second-order valence-corrected chi connectivity index (χ2v) is 4.49. The molecular formula is C11H14N4S. The molecular weight excluding hydrogens is 220 g/mol. The van der Waals surface area contributed by atoms with Crippen LogP contribution >= 0.6 is 11.3 Å². The first-order valence-electron chi connectivity index (χ1n) is 4.97. The van der Waals surface area contributed by atoms with E-state index in [-0.39, 0.29) is 0 Å². The van der Waals surface area contributed by atoms with Crippen LogP contribution in [0, 0.1) is 0 Å². The Kier molecular flexibility index (Phi) is 3.38. The van der Waals surface area contributed by atoms with Gasteiger partial charge in [0, 0.05) is 11.9 Å². The highest BCUT2D eigenvalue weighted by atomic mass is 32.1. The lowest BCUT2D eigenvalue weighted by Gasteiger charge is -2.17. The Morgan fingerprint density at radius 3 is 2.94 bits per heavy atom. The fraction of sp³-hybridized carbons (Fsp3) is 0.182. The van der Waals surface area contributed by atoms with Gasteiger partial charge in [-0.1, -0.05) is 12.1 Å². The molecule has 0 atom stereocenters. The van der Waals surface area contributed by atoms with Crippen LogP contribution in [0.4, 0.5) is 11.6 Å². The topological polar surface area (TPSA) is 54.2 Å². The maximum Gasteiger partial charge on any atom is 0.142 e. The summed E-state index contributed by atoms with van der Waals surface area (Å²) in [7, 11) is 2.02. The first-order chi connectivity index (χ1) is 7.79. The van der Waals surface area contributed by atoms with Crippen LogP contribution in [0.3, 0.4) is 0 Å². The van der Waals surface area contributed by atoms with Gasteiger partial charge in [-0.15, -0.1) is 11.3 Å². The van der Waals surface area contributed by atoms with Gasteiger partial charge >= 0.3 is 0 Å². The minimum atomic E-state index is 0.676. The predicted octanol–water partition coefficient (Wildman–Crippen LogP) is 2.07. The van der Waals surface area contributed by atoms with E-state index in [1.54, 1.807) is 11.3 Å². The van der Waals surface area contributed by atoms with Gasteiger partial charge in [0.05, 0.1) is 6.54 Å². The molecule has 0 aliphatic heterocycles. The van der Waals surface area contributed by atoms with Crippen molar-refractivity contribution >= 4 is 23.0 Å². The van der Waals surface area contributed by atoms with Crippen molar-refractivity contribution in [1.29, 1.82) is 0 Å². The van der Waals surface area contributed by atoms with Gasteiger partial charge < -0.3 is 10.3 Å².